The van der Waals surface area contributed by atoms with Gasteiger partial charge in [-0.2, -0.15) is 4.98 Å². The zero-order chi connectivity index (χ0) is 25.7. The van der Waals surface area contributed by atoms with E-state index in [0.717, 1.165) is 29.2 Å². The van der Waals surface area contributed by atoms with Gasteiger partial charge in [-0.05, 0) is 68.1 Å². The fraction of sp³-hybridized carbons (Fsp3) is 0.500. The molecule has 0 amide bonds. The molecule has 0 saturated heterocycles. The highest BCUT2D eigenvalue weighted by molar-refractivity contribution is 5.90. The minimum absolute atomic E-state index is 0.426. The van der Waals surface area contributed by atoms with Crippen molar-refractivity contribution in [2.24, 2.45) is 5.41 Å². The lowest BCUT2D eigenvalue weighted by molar-refractivity contribution is 0.273. The van der Waals surface area contributed by atoms with Crippen LogP contribution >= 0.6 is 0 Å². The standard InChI is InChI=1S/C32H43N5/c1-4-5-7-14-25(21-24-12-8-6-9-13-24)23-33-26-17-19-32(20-18-26)22-29(32)35-31-34-28-16-11-10-15-27(28)30(36-31)37(2)3/h6,8-13,15-16,21,26,29,33H,4-5,7,14,17-20,22-23H2,1-3H3,(H,34,35,36)/b25-21+. The van der Waals surface area contributed by atoms with Gasteiger partial charge in [0.2, 0.25) is 5.95 Å². The molecule has 5 rings (SSSR count). The lowest BCUT2D eigenvalue weighted by Gasteiger charge is -2.30. The van der Waals surface area contributed by atoms with Gasteiger partial charge in [-0.3, -0.25) is 0 Å². The summed E-state index contributed by atoms with van der Waals surface area (Å²) in [6.45, 7) is 3.29. The van der Waals surface area contributed by atoms with Gasteiger partial charge in [-0.25, -0.2) is 4.98 Å². The summed E-state index contributed by atoms with van der Waals surface area (Å²) in [6.07, 6.45) is 13.8. The number of benzene rings is 2. The maximum atomic E-state index is 4.87. The van der Waals surface area contributed by atoms with Crippen molar-refractivity contribution < 1.29 is 0 Å². The van der Waals surface area contributed by atoms with Crippen molar-refractivity contribution in [2.75, 3.05) is 30.9 Å². The molecular formula is C32H43N5. The second kappa shape index (κ2) is 11.6. The molecule has 1 unspecified atom stereocenters. The second-order valence-corrected chi connectivity index (χ2v) is 11.4. The number of para-hydroxylation sites is 1. The van der Waals surface area contributed by atoms with Crippen LogP contribution in [0.5, 0.6) is 0 Å². The number of unbranched alkanes of at least 4 members (excludes halogenated alkanes) is 2. The molecule has 1 spiro atoms. The van der Waals surface area contributed by atoms with Crippen LogP contribution in [-0.2, 0) is 0 Å². The van der Waals surface area contributed by atoms with E-state index in [1.165, 1.54) is 68.9 Å². The molecule has 2 aromatic carbocycles. The number of fused-ring (bicyclic) bond motifs is 1. The number of nitrogens with zero attached hydrogens (tertiary/aromatic N) is 3. The molecule has 0 radical (unpaired) electrons. The first-order chi connectivity index (χ1) is 18.1. The minimum Gasteiger partial charge on any atom is -0.362 e. The van der Waals surface area contributed by atoms with E-state index in [2.05, 4.69) is 97.2 Å². The number of aromatic nitrogens is 2. The highest BCUT2D eigenvalue weighted by Gasteiger charge is 2.55. The van der Waals surface area contributed by atoms with Gasteiger partial charge in [0, 0.05) is 38.1 Å². The van der Waals surface area contributed by atoms with Gasteiger partial charge in [0.15, 0.2) is 0 Å². The zero-order valence-electron chi connectivity index (χ0n) is 22.8. The van der Waals surface area contributed by atoms with Crippen LogP contribution < -0.4 is 15.5 Å². The Hall–Kier alpha value is -2.92. The molecule has 2 aliphatic rings. The van der Waals surface area contributed by atoms with Gasteiger partial charge < -0.3 is 15.5 Å². The summed E-state index contributed by atoms with van der Waals surface area (Å²) in [6, 6.07) is 20.2. The molecule has 37 heavy (non-hydrogen) atoms. The van der Waals surface area contributed by atoms with E-state index >= 15 is 0 Å². The first kappa shape index (κ1) is 25.7. The molecule has 1 aromatic heterocycles. The Balaban J connectivity index is 1.15. The lowest BCUT2D eigenvalue weighted by Crippen LogP contribution is -2.36. The fourth-order valence-corrected chi connectivity index (χ4v) is 6.00. The Labute approximate surface area is 222 Å². The summed E-state index contributed by atoms with van der Waals surface area (Å²) in [7, 11) is 4.10. The fourth-order valence-electron chi connectivity index (χ4n) is 6.00. The highest BCUT2D eigenvalue weighted by Crippen LogP contribution is 2.57. The van der Waals surface area contributed by atoms with Crippen LogP contribution in [0, 0.1) is 5.41 Å². The monoisotopic (exact) mass is 497 g/mol. The second-order valence-electron chi connectivity index (χ2n) is 11.4. The smallest absolute Gasteiger partial charge is 0.225 e. The van der Waals surface area contributed by atoms with Crippen molar-refractivity contribution >= 4 is 28.7 Å². The zero-order valence-corrected chi connectivity index (χ0v) is 22.8. The first-order valence-corrected chi connectivity index (χ1v) is 14.2. The molecule has 5 nitrogen and oxygen atoms in total. The highest BCUT2D eigenvalue weighted by atomic mass is 15.2. The van der Waals surface area contributed by atoms with Crippen molar-refractivity contribution in [1.29, 1.82) is 0 Å². The summed E-state index contributed by atoms with van der Waals surface area (Å²) in [5.74, 6) is 1.75. The first-order valence-electron chi connectivity index (χ1n) is 14.2. The van der Waals surface area contributed by atoms with Crippen molar-refractivity contribution in [2.45, 2.75) is 76.8 Å². The van der Waals surface area contributed by atoms with Crippen LogP contribution in [-0.4, -0.2) is 42.7 Å². The third-order valence-corrected chi connectivity index (χ3v) is 8.37. The number of hydrogen-bond acceptors (Lipinski definition) is 5. The van der Waals surface area contributed by atoms with E-state index in [1.807, 2.05) is 0 Å². The summed E-state index contributed by atoms with van der Waals surface area (Å²) in [5.41, 5.74) is 4.29. The van der Waals surface area contributed by atoms with Gasteiger partial charge in [-0.1, -0.05) is 73.9 Å². The maximum Gasteiger partial charge on any atom is 0.225 e. The van der Waals surface area contributed by atoms with E-state index < -0.39 is 0 Å². The summed E-state index contributed by atoms with van der Waals surface area (Å²) < 4.78 is 0. The van der Waals surface area contributed by atoms with Crippen LogP contribution in [0.2, 0.25) is 0 Å². The summed E-state index contributed by atoms with van der Waals surface area (Å²) in [4.78, 5) is 11.8. The molecule has 0 aliphatic heterocycles. The maximum absolute atomic E-state index is 4.87. The molecule has 196 valence electrons. The number of nitrogens with one attached hydrogen (secondary N) is 2. The van der Waals surface area contributed by atoms with E-state index in [4.69, 9.17) is 9.97 Å². The van der Waals surface area contributed by atoms with Crippen LogP contribution in [0.4, 0.5) is 11.8 Å². The average Bonchev–Trinajstić information content (AvgIpc) is 3.58. The molecule has 2 saturated carbocycles. The quantitative estimate of drug-likeness (QED) is 0.278. The molecule has 1 atom stereocenters. The minimum atomic E-state index is 0.426. The molecule has 2 fully saturated rings. The van der Waals surface area contributed by atoms with Crippen LogP contribution in [0.15, 0.2) is 60.2 Å². The van der Waals surface area contributed by atoms with E-state index in [1.54, 1.807) is 0 Å². The normalized spacial score (nSPS) is 23.4. The van der Waals surface area contributed by atoms with E-state index in [0.29, 0.717) is 17.5 Å². The molecule has 2 N–H and O–H groups in total. The van der Waals surface area contributed by atoms with Crippen LogP contribution in [0.1, 0.15) is 70.3 Å². The van der Waals surface area contributed by atoms with Gasteiger partial charge in [0.1, 0.15) is 5.82 Å². The third kappa shape index (κ3) is 6.32. The third-order valence-electron chi connectivity index (χ3n) is 8.37. The Morgan fingerprint density at radius 3 is 2.51 bits per heavy atom. The summed E-state index contributed by atoms with van der Waals surface area (Å²) in [5, 5.41) is 8.73. The topological polar surface area (TPSA) is 53.1 Å². The van der Waals surface area contributed by atoms with Gasteiger partial charge in [0.05, 0.1) is 5.52 Å². The molecule has 1 heterocycles. The summed E-state index contributed by atoms with van der Waals surface area (Å²) >= 11 is 0. The Morgan fingerprint density at radius 1 is 1.00 bits per heavy atom. The predicted octanol–water partition coefficient (Wildman–Crippen LogP) is 7.06. The predicted molar refractivity (Wildman–Crippen MR) is 157 cm³/mol. The SMILES string of the molecule is CCCCC/C(=C\c1ccccc1)CNC1CCC2(CC1)CC2Nc1nc(N(C)C)c2ccccc2n1. The number of rotatable bonds is 11. The van der Waals surface area contributed by atoms with Crippen LogP contribution in [0.3, 0.4) is 0 Å². The van der Waals surface area contributed by atoms with Gasteiger partial charge in [0.25, 0.3) is 0 Å². The van der Waals surface area contributed by atoms with Crippen molar-refractivity contribution in [3.63, 3.8) is 0 Å². The number of hydrogen-bond donors (Lipinski definition) is 2. The molecule has 0 bridgehead atoms. The largest absolute Gasteiger partial charge is 0.362 e. The van der Waals surface area contributed by atoms with Crippen molar-refractivity contribution in [3.05, 3.63) is 65.7 Å². The molecule has 2 aliphatic carbocycles. The Kier molecular flexibility index (Phi) is 8.09. The van der Waals surface area contributed by atoms with E-state index in [-0.39, 0.29) is 0 Å². The number of anilines is 2. The van der Waals surface area contributed by atoms with E-state index in [9.17, 15) is 0 Å². The van der Waals surface area contributed by atoms with Crippen molar-refractivity contribution in [1.82, 2.24) is 15.3 Å². The van der Waals surface area contributed by atoms with Gasteiger partial charge >= 0.3 is 0 Å². The lowest BCUT2D eigenvalue weighted by atomic mass is 9.82. The molecule has 5 heteroatoms. The van der Waals surface area contributed by atoms with Gasteiger partial charge in [-0.15, -0.1) is 0 Å². The molecular weight excluding hydrogens is 454 g/mol. The van der Waals surface area contributed by atoms with Crippen LogP contribution in [0.25, 0.3) is 17.0 Å². The Morgan fingerprint density at radius 2 is 1.76 bits per heavy atom. The Bertz CT molecular complexity index is 1190. The molecule has 3 aromatic rings. The van der Waals surface area contributed by atoms with Crippen molar-refractivity contribution in [3.8, 4) is 0 Å². The average molecular weight is 498 g/mol.